The zero-order chi connectivity index (χ0) is 18.0. The third-order valence-electron chi connectivity index (χ3n) is 3.43. The lowest BCUT2D eigenvalue weighted by atomic mass is 10.1. The number of benzene rings is 1. The molecule has 1 aromatic carbocycles. The lowest BCUT2D eigenvalue weighted by Gasteiger charge is -2.07. The zero-order valence-electron chi connectivity index (χ0n) is 13.1. The summed E-state index contributed by atoms with van der Waals surface area (Å²) >= 11 is 1.51. The molecule has 2 aromatic heterocycles. The van der Waals surface area contributed by atoms with Gasteiger partial charge in [-0.25, -0.2) is 4.98 Å². The van der Waals surface area contributed by atoms with Gasteiger partial charge < -0.3 is 9.73 Å². The normalized spacial score (nSPS) is 11.5. The first-order valence-electron chi connectivity index (χ1n) is 7.29. The van der Waals surface area contributed by atoms with Gasteiger partial charge in [0.1, 0.15) is 11.5 Å². The Bertz CT molecular complexity index is 882. The van der Waals surface area contributed by atoms with Gasteiger partial charge in [-0.05, 0) is 43.3 Å². The highest BCUT2D eigenvalue weighted by Crippen LogP contribution is 2.29. The molecular weight excluding hydrogens is 353 g/mol. The molecule has 0 saturated carbocycles. The van der Waals surface area contributed by atoms with Crippen LogP contribution in [0.5, 0.6) is 0 Å². The number of nitrogens with one attached hydrogen (secondary N) is 1. The Labute approximate surface area is 145 Å². The van der Waals surface area contributed by atoms with Crippen molar-refractivity contribution >= 4 is 17.2 Å². The smallest absolute Gasteiger partial charge is 0.416 e. The van der Waals surface area contributed by atoms with Crippen LogP contribution >= 0.6 is 11.3 Å². The summed E-state index contributed by atoms with van der Waals surface area (Å²) in [5.41, 5.74) is 0.0796. The highest BCUT2D eigenvalue weighted by atomic mass is 32.1. The van der Waals surface area contributed by atoms with Crippen molar-refractivity contribution in [2.24, 2.45) is 0 Å². The van der Waals surface area contributed by atoms with E-state index in [9.17, 15) is 18.0 Å². The van der Waals surface area contributed by atoms with Crippen molar-refractivity contribution in [3.63, 3.8) is 0 Å². The molecule has 8 heteroatoms. The Kier molecular flexibility index (Phi) is 4.63. The number of carbonyl (C=O) groups excluding carboxylic acids is 1. The first-order chi connectivity index (χ1) is 11.8. The Morgan fingerprint density at radius 1 is 1.20 bits per heavy atom. The molecule has 3 rings (SSSR count). The van der Waals surface area contributed by atoms with Crippen LogP contribution in [0.1, 0.15) is 26.7 Å². The second-order valence-corrected chi connectivity index (χ2v) is 6.34. The van der Waals surface area contributed by atoms with Gasteiger partial charge in [0.15, 0.2) is 5.76 Å². The van der Waals surface area contributed by atoms with E-state index in [2.05, 4.69) is 10.3 Å². The molecule has 0 aliphatic rings. The van der Waals surface area contributed by atoms with Crippen molar-refractivity contribution in [1.82, 2.24) is 10.3 Å². The van der Waals surface area contributed by atoms with Crippen LogP contribution in [0.3, 0.4) is 0 Å². The molecule has 0 bridgehead atoms. The third kappa shape index (κ3) is 4.08. The van der Waals surface area contributed by atoms with Crippen LogP contribution in [-0.4, -0.2) is 10.9 Å². The second-order valence-electron chi connectivity index (χ2n) is 5.28. The Balaban J connectivity index is 1.62. The first-order valence-corrected chi connectivity index (χ1v) is 8.17. The van der Waals surface area contributed by atoms with E-state index in [0.29, 0.717) is 11.5 Å². The van der Waals surface area contributed by atoms with E-state index < -0.39 is 17.6 Å². The van der Waals surface area contributed by atoms with Crippen LogP contribution in [-0.2, 0) is 12.7 Å². The molecule has 3 aromatic rings. The van der Waals surface area contributed by atoms with E-state index >= 15 is 0 Å². The van der Waals surface area contributed by atoms with Gasteiger partial charge in [0.25, 0.3) is 5.91 Å². The summed E-state index contributed by atoms with van der Waals surface area (Å²) in [6.07, 6.45) is -4.42. The lowest BCUT2D eigenvalue weighted by Crippen LogP contribution is -2.22. The van der Waals surface area contributed by atoms with Gasteiger partial charge in [0, 0.05) is 10.9 Å². The Hall–Kier alpha value is -2.61. The molecule has 0 aliphatic carbocycles. The number of furan rings is 1. The van der Waals surface area contributed by atoms with E-state index in [-0.39, 0.29) is 12.1 Å². The van der Waals surface area contributed by atoms with Gasteiger partial charge in [-0.2, -0.15) is 13.2 Å². The minimum Gasteiger partial charge on any atom is -0.458 e. The number of hydrogen-bond donors (Lipinski definition) is 1. The first kappa shape index (κ1) is 17.2. The minimum absolute atomic E-state index is 0.128. The number of thiazole rings is 1. The molecule has 0 atom stereocenters. The number of alkyl halides is 3. The Morgan fingerprint density at radius 3 is 2.52 bits per heavy atom. The number of rotatable bonds is 4. The number of carbonyl (C=O) groups is 1. The summed E-state index contributed by atoms with van der Waals surface area (Å²) in [4.78, 5) is 16.3. The van der Waals surface area contributed by atoms with Crippen LogP contribution in [0.25, 0.3) is 11.5 Å². The van der Waals surface area contributed by atoms with Crippen molar-refractivity contribution in [3.05, 3.63) is 63.7 Å². The van der Waals surface area contributed by atoms with Gasteiger partial charge in [-0.1, -0.05) is 0 Å². The maximum Gasteiger partial charge on any atom is 0.416 e. The summed E-state index contributed by atoms with van der Waals surface area (Å²) in [5.74, 6) is 0.653. The van der Waals surface area contributed by atoms with Crippen LogP contribution < -0.4 is 5.32 Å². The number of aryl methyl sites for hydroxylation is 1. The average Bonchev–Trinajstić information content (AvgIpc) is 3.20. The molecule has 1 amide bonds. The predicted molar refractivity (Wildman–Crippen MR) is 87.2 cm³/mol. The highest BCUT2D eigenvalue weighted by molar-refractivity contribution is 7.09. The maximum atomic E-state index is 12.5. The fourth-order valence-electron chi connectivity index (χ4n) is 2.17. The number of hydrogen-bond acceptors (Lipinski definition) is 4. The lowest BCUT2D eigenvalue weighted by molar-refractivity contribution is -0.137. The molecule has 0 fully saturated rings. The maximum absolute atomic E-state index is 12.5. The van der Waals surface area contributed by atoms with Crippen LogP contribution in [0.15, 0.2) is 46.2 Å². The molecule has 1 N–H and O–H groups in total. The summed E-state index contributed by atoms with van der Waals surface area (Å²) < 4.78 is 43.2. The monoisotopic (exact) mass is 366 g/mol. The molecular formula is C17H13F3N2O2S. The third-order valence-corrected chi connectivity index (χ3v) is 4.20. The van der Waals surface area contributed by atoms with Crippen molar-refractivity contribution in [1.29, 1.82) is 0 Å². The standard InChI is InChI=1S/C17H13F3N2O2S/c1-10-22-14(9-25-10)15-7-6-13(24-15)8-21-16(23)11-2-4-12(5-3-11)17(18,19)20/h2-7,9H,8H2,1H3,(H,21,23). The van der Waals surface area contributed by atoms with Gasteiger partial charge in [0.2, 0.25) is 0 Å². The Morgan fingerprint density at radius 2 is 1.92 bits per heavy atom. The van der Waals surface area contributed by atoms with Crippen LogP contribution in [0, 0.1) is 6.92 Å². The van der Waals surface area contributed by atoms with E-state index in [1.54, 1.807) is 12.1 Å². The molecule has 2 heterocycles. The zero-order valence-corrected chi connectivity index (χ0v) is 13.9. The average molecular weight is 366 g/mol. The molecule has 130 valence electrons. The summed E-state index contributed by atoms with van der Waals surface area (Å²) in [6, 6.07) is 7.52. The summed E-state index contributed by atoms with van der Waals surface area (Å²) in [7, 11) is 0. The van der Waals surface area contributed by atoms with Gasteiger partial charge in [-0.15, -0.1) is 11.3 Å². The molecule has 0 radical (unpaired) electrons. The van der Waals surface area contributed by atoms with Crippen LogP contribution in [0.2, 0.25) is 0 Å². The van der Waals surface area contributed by atoms with Gasteiger partial charge in [0.05, 0.1) is 17.1 Å². The van der Waals surface area contributed by atoms with Crippen molar-refractivity contribution in [3.8, 4) is 11.5 Å². The van der Waals surface area contributed by atoms with E-state index in [1.165, 1.54) is 11.3 Å². The fourth-order valence-corrected chi connectivity index (χ4v) is 2.77. The van der Waals surface area contributed by atoms with E-state index in [4.69, 9.17) is 4.42 Å². The van der Waals surface area contributed by atoms with E-state index in [0.717, 1.165) is 35.0 Å². The molecule has 4 nitrogen and oxygen atoms in total. The molecule has 0 aliphatic heterocycles. The largest absolute Gasteiger partial charge is 0.458 e. The van der Waals surface area contributed by atoms with Gasteiger partial charge in [-0.3, -0.25) is 4.79 Å². The second kappa shape index (κ2) is 6.72. The number of nitrogens with zero attached hydrogens (tertiary/aromatic N) is 1. The topological polar surface area (TPSA) is 55.1 Å². The number of amides is 1. The van der Waals surface area contributed by atoms with Crippen molar-refractivity contribution in [2.45, 2.75) is 19.6 Å². The fraction of sp³-hybridized carbons (Fsp3) is 0.176. The van der Waals surface area contributed by atoms with E-state index in [1.807, 2.05) is 12.3 Å². The van der Waals surface area contributed by atoms with Crippen molar-refractivity contribution in [2.75, 3.05) is 0 Å². The molecule has 0 unspecified atom stereocenters. The van der Waals surface area contributed by atoms with Gasteiger partial charge >= 0.3 is 6.18 Å². The SMILES string of the molecule is Cc1nc(-c2ccc(CNC(=O)c3ccc(C(F)(F)F)cc3)o2)cs1. The minimum atomic E-state index is -4.42. The molecule has 0 spiro atoms. The summed E-state index contributed by atoms with van der Waals surface area (Å²) in [5, 5.41) is 5.41. The highest BCUT2D eigenvalue weighted by Gasteiger charge is 2.30. The molecule has 0 saturated heterocycles. The van der Waals surface area contributed by atoms with Crippen molar-refractivity contribution < 1.29 is 22.4 Å². The van der Waals surface area contributed by atoms with Crippen LogP contribution in [0.4, 0.5) is 13.2 Å². The quantitative estimate of drug-likeness (QED) is 0.731. The number of aromatic nitrogens is 1. The summed E-state index contributed by atoms with van der Waals surface area (Å²) in [6.45, 7) is 2.02. The molecule has 25 heavy (non-hydrogen) atoms. The number of halogens is 3. The predicted octanol–water partition coefficient (Wildman–Crippen LogP) is 4.66.